The molecule has 1 amide bonds. The van der Waals surface area contributed by atoms with Gasteiger partial charge in [-0.1, -0.05) is 60.1 Å². The van der Waals surface area contributed by atoms with Crippen LogP contribution in [0, 0.1) is 0 Å². The van der Waals surface area contributed by atoms with Gasteiger partial charge in [0, 0.05) is 22.4 Å². The molecule has 0 spiro atoms. The number of carbonyl (C=O) groups is 2. The number of nitrogens with two attached hydrogens (primary N) is 1. The Kier molecular flexibility index (Phi) is 9.16. The van der Waals surface area contributed by atoms with Crippen molar-refractivity contribution in [1.82, 2.24) is 10.3 Å². The lowest BCUT2D eigenvalue weighted by atomic mass is 10.0. The standard InChI is InChI=1S/C33H30ClN3O5/c34-25-11-10-24(29(38)20-25)18-30(39)26-17-23-8-3-4-9-28(23)37-33(26)42-15-13-36-32(40)27-16-21-6-1-2-7-22(21)19-31(27)41-14-5-12-35/h1-4,6-11,16-17,19-20,38H,5,12-15,18,35H2,(H,36,40). The van der Waals surface area contributed by atoms with Crippen LogP contribution in [0.4, 0.5) is 0 Å². The second kappa shape index (κ2) is 13.3. The van der Waals surface area contributed by atoms with Gasteiger partial charge in [0.1, 0.15) is 18.1 Å². The first-order valence-electron chi connectivity index (χ1n) is 13.6. The van der Waals surface area contributed by atoms with Crippen LogP contribution in [0.3, 0.4) is 0 Å². The summed E-state index contributed by atoms with van der Waals surface area (Å²) < 4.78 is 11.8. The molecule has 4 N–H and O–H groups in total. The maximum absolute atomic E-state index is 13.3. The molecular weight excluding hydrogens is 554 g/mol. The van der Waals surface area contributed by atoms with Gasteiger partial charge in [0.25, 0.3) is 5.91 Å². The molecule has 0 fully saturated rings. The van der Waals surface area contributed by atoms with Gasteiger partial charge in [0.05, 0.1) is 29.8 Å². The number of nitrogens with zero attached hydrogens (tertiary/aromatic N) is 1. The van der Waals surface area contributed by atoms with Gasteiger partial charge in [-0.3, -0.25) is 9.59 Å². The summed E-state index contributed by atoms with van der Waals surface area (Å²) in [6.45, 7) is 1.12. The third-order valence-electron chi connectivity index (χ3n) is 6.71. The Bertz CT molecular complexity index is 1760. The number of Topliss-reactive ketones (excluding diaryl/α,β-unsaturated/α-hetero) is 1. The lowest BCUT2D eigenvalue weighted by Gasteiger charge is -2.14. The number of hydrogen-bond acceptors (Lipinski definition) is 7. The van der Waals surface area contributed by atoms with Gasteiger partial charge in [-0.2, -0.15) is 0 Å². The fourth-order valence-electron chi connectivity index (χ4n) is 4.55. The van der Waals surface area contributed by atoms with Crippen molar-refractivity contribution in [2.75, 3.05) is 26.3 Å². The van der Waals surface area contributed by atoms with Gasteiger partial charge >= 0.3 is 0 Å². The fourth-order valence-corrected chi connectivity index (χ4v) is 4.72. The molecule has 0 aliphatic heterocycles. The Balaban J connectivity index is 1.31. The number of ketones is 1. The average Bonchev–Trinajstić information content (AvgIpc) is 3.00. The Morgan fingerprint density at radius 1 is 0.857 bits per heavy atom. The van der Waals surface area contributed by atoms with Crippen LogP contribution in [0.1, 0.15) is 32.7 Å². The second-order valence-electron chi connectivity index (χ2n) is 9.70. The fraction of sp³-hybridized carbons (Fsp3) is 0.182. The number of para-hydroxylation sites is 1. The van der Waals surface area contributed by atoms with Crippen LogP contribution in [0.5, 0.6) is 17.4 Å². The van der Waals surface area contributed by atoms with E-state index in [1.807, 2.05) is 54.6 Å². The molecule has 0 aliphatic rings. The van der Waals surface area contributed by atoms with E-state index in [1.165, 1.54) is 6.07 Å². The summed E-state index contributed by atoms with van der Waals surface area (Å²) in [6.07, 6.45) is 0.601. The topological polar surface area (TPSA) is 124 Å². The molecule has 4 aromatic carbocycles. The largest absolute Gasteiger partial charge is 0.508 e. The van der Waals surface area contributed by atoms with Gasteiger partial charge in [-0.05, 0) is 60.1 Å². The molecular formula is C33H30ClN3O5. The number of benzene rings is 4. The molecule has 1 aromatic heterocycles. The summed E-state index contributed by atoms with van der Waals surface area (Å²) in [5, 5.41) is 16.2. The van der Waals surface area contributed by atoms with Crippen LogP contribution in [0.2, 0.25) is 5.02 Å². The lowest BCUT2D eigenvalue weighted by molar-refractivity contribution is 0.0938. The Morgan fingerprint density at radius 3 is 2.33 bits per heavy atom. The highest BCUT2D eigenvalue weighted by molar-refractivity contribution is 6.30. The van der Waals surface area contributed by atoms with Gasteiger partial charge < -0.3 is 25.6 Å². The van der Waals surface area contributed by atoms with Crippen molar-refractivity contribution in [1.29, 1.82) is 0 Å². The Labute approximate surface area is 248 Å². The van der Waals surface area contributed by atoms with E-state index in [0.717, 1.165) is 16.2 Å². The molecule has 0 radical (unpaired) electrons. The molecule has 0 bridgehead atoms. The number of halogens is 1. The molecule has 8 nitrogen and oxygen atoms in total. The first-order valence-corrected chi connectivity index (χ1v) is 14.0. The summed E-state index contributed by atoms with van der Waals surface area (Å²) in [6, 6.07) is 25.2. The number of aromatic nitrogens is 1. The van der Waals surface area contributed by atoms with Gasteiger partial charge in [-0.15, -0.1) is 0 Å². The van der Waals surface area contributed by atoms with E-state index in [4.69, 9.17) is 26.8 Å². The normalized spacial score (nSPS) is 11.0. The monoisotopic (exact) mass is 583 g/mol. The average molecular weight is 584 g/mol. The zero-order valence-corrected chi connectivity index (χ0v) is 23.6. The van der Waals surface area contributed by atoms with Crippen LogP contribution in [0.15, 0.2) is 84.9 Å². The van der Waals surface area contributed by atoms with E-state index < -0.39 is 0 Å². The minimum absolute atomic E-state index is 0.0603. The number of fused-ring (bicyclic) bond motifs is 2. The van der Waals surface area contributed by atoms with Crippen LogP contribution in [0.25, 0.3) is 21.7 Å². The first kappa shape index (κ1) is 28.9. The Morgan fingerprint density at radius 2 is 1.57 bits per heavy atom. The predicted molar refractivity (Wildman–Crippen MR) is 164 cm³/mol. The highest BCUT2D eigenvalue weighted by Gasteiger charge is 2.19. The number of hydrogen-bond donors (Lipinski definition) is 3. The van der Waals surface area contributed by atoms with E-state index in [2.05, 4.69) is 10.3 Å². The molecule has 5 rings (SSSR count). The Hall–Kier alpha value is -4.66. The van der Waals surface area contributed by atoms with Gasteiger partial charge in [-0.25, -0.2) is 4.98 Å². The van der Waals surface area contributed by atoms with Crippen LogP contribution in [-0.2, 0) is 6.42 Å². The SMILES string of the molecule is NCCCOc1cc2ccccc2cc1C(=O)NCCOc1nc2ccccc2cc1C(=O)Cc1ccc(Cl)cc1O. The van der Waals surface area contributed by atoms with Gasteiger partial charge in [0.2, 0.25) is 5.88 Å². The number of rotatable bonds is 12. The number of phenols is 1. The predicted octanol–water partition coefficient (Wildman–Crippen LogP) is 5.71. The van der Waals surface area contributed by atoms with Crippen molar-refractivity contribution in [2.24, 2.45) is 5.73 Å². The number of carbonyl (C=O) groups excluding carboxylic acids is 2. The number of aromatic hydroxyl groups is 1. The zero-order chi connectivity index (χ0) is 29.5. The zero-order valence-electron chi connectivity index (χ0n) is 22.8. The summed E-state index contributed by atoms with van der Waals surface area (Å²) in [4.78, 5) is 31.1. The highest BCUT2D eigenvalue weighted by Crippen LogP contribution is 2.28. The van der Waals surface area contributed by atoms with Crippen molar-refractivity contribution >= 4 is 45.0 Å². The molecule has 42 heavy (non-hydrogen) atoms. The molecule has 1 heterocycles. The summed E-state index contributed by atoms with van der Waals surface area (Å²) in [5.41, 5.74) is 7.40. The summed E-state index contributed by atoms with van der Waals surface area (Å²) in [5.74, 6) is -0.0173. The molecule has 0 atom stereocenters. The van der Waals surface area contributed by atoms with E-state index >= 15 is 0 Å². The van der Waals surface area contributed by atoms with Crippen molar-refractivity contribution < 1.29 is 24.2 Å². The van der Waals surface area contributed by atoms with E-state index in [9.17, 15) is 14.7 Å². The van der Waals surface area contributed by atoms with Crippen molar-refractivity contribution in [3.8, 4) is 17.4 Å². The number of ether oxygens (including phenoxy) is 2. The van der Waals surface area contributed by atoms with Crippen LogP contribution in [-0.4, -0.2) is 48.1 Å². The van der Waals surface area contributed by atoms with Crippen molar-refractivity contribution in [2.45, 2.75) is 12.8 Å². The van der Waals surface area contributed by atoms with Crippen molar-refractivity contribution in [3.05, 3.63) is 107 Å². The highest BCUT2D eigenvalue weighted by atomic mass is 35.5. The molecule has 5 aromatic rings. The third-order valence-corrected chi connectivity index (χ3v) is 6.95. The quantitative estimate of drug-likeness (QED) is 0.127. The van der Waals surface area contributed by atoms with Crippen LogP contribution < -0.4 is 20.5 Å². The lowest BCUT2D eigenvalue weighted by Crippen LogP contribution is -2.29. The van der Waals surface area contributed by atoms with Crippen LogP contribution >= 0.6 is 11.6 Å². The summed E-state index contributed by atoms with van der Waals surface area (Å²) in [7, 11) is 0. The maximum Gasteiger partial charge on any atom is 0.255 e. The van der Waals surface area contributed by atoms with Gasteiger partial charge in [0.15, 0.2) is 5.78 Å². The number of amides is 1. The third kappa shape index (κ3) is 6.79. The first-order chi connectivity index (χ1) is 20.4. The number of pyridine rings is 1. The molecule has 0 aliphatic carbocycles. The second-order valence-corrected chi connectivity index (χ2v) is 10.1. The van der Waals surface area contributed by atoms with Crippen molar-refractivity contribution in [3.63, 3.8) is 0 Å². The van der Waals surface area contributed by atoms with E-state index in [-0.39, 0.29) is 48.5 Å². The molecule has 214 valence electrons. The van der Waals surface area contributed by atoms with E-state index in [1.54, 1.807) is 24.3 Å². The molecule has 0 saturated carbocycles. The maximum atomic E-state index is 13.3. The molecule has 0 saturated heterocycles. The smallest absolute Gasteiger partial charge is 0.255 e. The molecule has 0 unspecified atom stereocenters. The minimum atomic E-state index is -0.312. The summed E-state index contributed by atoms with van der Waals surface area (Å²) >= 11 is 5.94. The number of nitrogens with one attached hydrogen (secondary N) is 1. The number of phenolic OH excluding ortho intramolecular Hbond substituents is 1. The molecule has 9 heteroatoms. The minimum Gasteiger partial charge on any atom is -0.508 e. The van der Waals surface area contributed by atoms with E-state index in [0.29, 0.717) is 47.0 Å².